The Morgan fingerprint density at radius 3 is 1.89 bits per heavy atom. The molecule has 0 aromatic carbocycles. The summed E-state index contributed by atoms with van der Waals surface area (Å²) in [6.45, 7) is 2.98. The largest absolute Gasteiger partial charge is 0.748 e. The van der Waals surface area contributed by atoms with Gasteiger partial charge in [-0.25, -0.2) is 16.8 Å². The lowest BCUT2D eigenvalue weighted by Crippen LogP contribution is -3.15. The standard InChI is InChI=1S/C8H18N2O6S2/c11-17(12,13)7-5-9-1-2-10(4-3-9)6-8-18(14,15)16/h1-8H2,(H,11,12,13)(H,14,15,16)/p-1. The first-order valence-corrected chi connectivity index (χ1v) is 8.74. The fourth-order valence-corrected chi connectivity index (χ4v) is 2.87. The molecule has 108 valence electrons. The smallest absolute Gasteiger partial charge is 0.100 e. The van der Waals surface area contributed by atoms with E-state index in [0.29, 0.717) is 26.2 Å². The van der Waals surface area contributed by atoms with Crippen molar-refractivity contribution in [1.82, 2.24) is 4.90 Å². The van der Waals surface area contributed by atoms with E-state index in [9.17, 15) is 25.9 Å². The number of hydrogen-bond acceptors (Lipinski definition) is 7. The average molecular weight is 301 g/mol. The van der Waals surface area contributed by atoms with Gasteiger partial charge in [0.2, 0.25) is 0 Å². The van der Waals surface area contributed by atoms with Gasteiger partial charge in [-0.2, -0.15) is 0 Å². The molecule has 1 aliphatic heterocycles. The number of nitrogens with zero attached hydrogens (tertiary/aromatic N) is 1. The molecule has 0 radical (unpaired) electrons. The van der Waals surface area contributed by atoms with Crippen molar-refractivity contribution in [2.24, 2.45) is 0 Å². The van der Waals surface area contributed by atoms with Gasteiger partial charge in [0, 0.05) is 19.6 Å². The predicted molar refractivity (Wildman–Crippen MR) is 61.1 cm³/mol. The van der Waals surface area contributed by atoms with Crippen LogP contribution in [0.2, 0.25) is 0 Å². The van der Waals surface area contributed by atoms with Crippen molar-refractivity contribution in [2.45, 2.75) is 0 Å². The molecule has 1 heterocycles. The summed E-state index contributed by atoms with van der Waals surface area (Å²) in [5, 5.41) is 0. The Balaban J connectivity index is 2.25. The fraction of sp³-hybridized carbons (Fsp3) is 1.00. The summed E-state index contributed by atoms with van der Waals surface area (Å²) in [5.74, 6) is -0.783. The monoisotopic (exact) mass is 301 g/mol. The molecule has 8 nitrogen and oxygen atoms in total. The third-order valence-corrected chi connectivity index (χ3v) is 4.31. The number of nitrogens with one attached hydrogen (secondary N) is 1. The highest BCUT2D eigenvalue weighted by atomic mass is 32.2. The van der Waals surface area contributed by atoms with E-state index >= 15 is 0 Å². The van der Waals surface area contributed by atoms with Crippen LogP contribution in [-0.4, -0.2) is 81.6 Å². The normalized spacial score (nSPS) is 20.1. The predicted octanol–water partition coefficient (Wildman–Crippen LogP) is -3.72. The second-order valence-corrected chi connectivity index (χ2v) is 7.41. The van der Waals surface area contributed by atoms with Crippen molar-refractivity contribution < 1.29 is 30.8 Å². The lowest BCUT2D eigenvalue weighted by Gasteiger charge is -2.32. The molecule has 1 fully saturated rings. The minimum absolute atomic E-state index is 0.207. The van der Waals surface area contributed by atoms with Crippen LogP contribution >= 0.6 is 0 Å². The third kappa shape index (κ3) is 7.24. The van der Waals surface area contributed by atoms with Gasteiger partial charge in [-0.05, 0) is 0 Å². The Morgan fingerprint density at radius 2 is 1.44 bits per heavy atom. The molecule has 0 bridgehead atoms. The highest BCUT2D eigenvalue weighted by Crippen LogP contribution is 1.92. The first-order valence-electron chi connectivity index (χ1n) is 5.59. The summed E-state index contributed by atoms with van der Waals surface area (Å²) in [7, 11) is -8.36. The number of quaternary nitrogens is 1. The Labute approximate surface area is 107 Å². The van der Waals surface area contributed by atoms with Crippen molar-refractivity contribution in [3.63, 3.8) is 0 Å². The van der Waals surface area contributed by atoms with Gasteiger partial charge in [-0.15, -0.1) is 0 Å². The van der Waals surface area contributed by atoms with E-state index in [1.807, 2.05) is 4.90 Å². The zero-order valence-corrected chi connectivity index (χ0v) is 11.5. The molecule has 0 spiro atoms. The minimum Gasteiger partial charge on any atom is -0.748 e. The van der Waals surface area contributed by atoms with Crippen molar-refractivity contribution >= 4 is 20.2 Å². The Hall–Kier alpha value is -0.260. The maximum atomic E-state index is 10.5. The van der Waals surface area contributed by atoms with Crippen LogP contribution in [0, 0.1) is 0 Å². The highest BCUT2D eigenvalue weighted by Gasteiger charge is 2.20. The van der Waals surface area contributed by atoms with Crippen molar-refractivity contribution in [3.8, 4) is 0 Å². The van der Waals surface area contributed by atoms with Crippen molar-refractivity contribution in [2.75, 3.05) is 50.8 Å². The Morgan fingerprint density at radius 1 is 0.944 bits per heavy atom. The summed E-state index contributed by atoms with van der Waals surface area (Å²) in [6.07, 6.45) is 0. The van der Waals surface area contributed by atoms with Crippen LogP contribution in [-0.2, 0) is 20.2 Å². The molecular weight excluding hydrogens is 284 g/mol. The van der Waals surface area contributed by atoms with E-state index in [4.69, 9.17) is 0 Å². The maximum Gasteiger partial charge on any atom is 0.100 e. The van der Waals surface area contributed by atoms with E-state index in [1.165, 1.54) is 0 Å². The summed E-state index contributed by atoms with van der Waals surface area (Å²) < 4.78 is 62.8. The minimum atomic E-state index is -4.19. The maximum absolute atomic E-state index is 10.5. The van der Waals surface area contributed by atoms with E-state index in [1.54, 1.807) is 0 Å². The van der Waals surface area contributed by atoms with Gasteiger partial charge in [0.05, 0.1) is 41.3 Å². The summed E-state index contributed by atoms with van der Waals surface area (Å²) in [5.41, 5.74) is 0. The zero-order valence-electron chi connectivity index (χ0n) is 9.87. The van der Waals surface area contributed by atoms with Gasteiger partial charge in [-0.1, -0.05) is 0 Å². The third-order valence-electron chi connectivity index (χ3n) is 2.93. The summed E-state index contributed by atoms with van der Waals surface area (Å²) in [4.78, 5) is 2.86. The molecule has 0 amide bonds. The van der Waals surface area contributed by atoms with E-state index in [0.717, 1.165) is 4.90 Å². The highest BCUT2D eigenvalue weighted by molar-refractivity contribution is 7.85. The molecule has 10 heteroatoms. The lowest BCUT2D eigenvalue weighted by molar-refractivity contribution is -0.902. The Bertz CT molecular complexity index is 408. The van der Waals surface area contributed by atoms with Gasteiger partial charge in [0.15, 0.2) is 0 Å². The van der Waals surface area contributed by atoms with E-state index in [2.05, 4.69) is 0 Å². The van der Waals surface area contributed by atoms with Crippen LogP contribution in [0.3, 0.4) is 0 Å². The molecular formula is C8H17N2O6S2-. The van der Waals surface area contributed by atoms with Gasteiger partial charge in [0.1, 0.15) is 10.1 Å². The number of hydrogen-bond donors (Lipinski definition) is 1. The molecule has 0 aromatic rings. The average Bonchev–Trinajstić information content (AvgIpc) is 2.23. The quantitative estimate of drug-likeness (QED) is 0.500. The molecule has 0 saturated carbocycles. The van der Waals surface area contributed by atoms with Crippen molar-refractivity contribution in [3.05, 3.63) is 0 Å². The van der Waals surface area contributed by atoms with Crippen LogP contribution < -0.4 is 4.90 Å². The molecule has 1 rings (SSSR count). The van der Waals surface area contributed by atoms with Gasteiger partial charge >= 0.3 is 0 Å². The second kappa shape index (κ2) is 6.26. The van der Waals surface area contributed by atoms with Gasteiger partial charge in [-0.3, -0.25) is 4.90 Å². The van der Waals surface area contributed by atoms with Gasteiger partial charge in [0.25, 0.3) is 0 Å². The molecule has 1 N–H and O–H groups in total. The molecule has 1 saturated heterocycles. The second-order valence-electron chi connectivity index (χ2n) is 4.37. The Kier molecular flexibility index (Phi) is 5.49. The van der Waals surface area contributed by atoms with Crippen LogP contribution in [0.1, 0.15) is 0 Å². The first-order chi connectivity index (χ1) is 8.16. The molecule has 0 unspecified atom stereocenters. The fourth-order valence-electron chi connectivity index (χ4n) is 1.85. The SMILES string of the molecule is O=S(=O)([O-])CCN1CC[NH+](CCS(=O)(=O)[O-])CC1. The van der Waals surface area contributed by atoms with E-state index < -0.39 is 26.0 Å². The molecule has 18 heavy (non-hydrogen) atoms. The molecule has 1 aliphatic rings. The van der Waals surface area contributed by atoms with Crippen LogP contribution in [0.15, 0.2) is 0 Å². The van der Waals surface area contributed by atoms with Crippen LogP contribution in [0.25, 0.3) is 0 Å². The summed E-state index contributed by atoms with van der Waals surface area (Å²) in [6, 6.07) is 0. The summed E-state index contributed by atoms with van der Waals surface area (Å²) >= 11 is 0. The number of rotatable bonds is 6. The topological polar surface area (TPSA) is 122 Å². The van der Waals surface area contributed by atoms with Crippen LogP contribution in [0.5, 0.6) is 0 Å². The molecule has 0 atom stereocenters. The number of piperazine rings is 1. The zero-order chi connectivity index (χ0) is 13.8. The molecule has 0 aliphatic carbocycles. The van der Waals surface area contributed by atoms with Gasteiger partial charge < -0.3 is 14.0 Å². The van der Waals surface area contributed by atoms with Crippen molar-refractivity contribution in [1.29, 1.82) is 0 Å². The van der Waals surface area contributed by atoms with E-state index in [-0.39, 0.29) is 18.8 Å². The first kappa shape index (κ1) is 15.8. The molecule has 0 aromatic heterocycles. The lowest BCUT2D eigenvalue weighted by atomic mass is 10.3. The van der Waals surface area contributed by atoms with Crippen LogP contribution in [0.4, 0.5) is 0 Å².